The van der Waals surface area contributed by atoms with E-state index in [2.05, 4.69) is 0 Å². The molecule has 2 aromatic rings. The Hall–Kier alpha value is -2.07. The number of ether oxygens (including phenoxy) is 2. The summed E-state index contributed by atoms with van der Waals surface area (Å²) in [6, 6.07) is 9.06. The highest BCUT2D eigenvalue weighted by atomic mass is 35.5. The van der Waals surface area contributed by atoms with Gasteiger partial charge in [-0.25, -0.2) is 4.39 Å². The zero-order valence-corrected chi connectivity index (χ0v) is 12.4. The number of rotatable bonds is 5. The Morgan fingerprint density at radius 1 is 1.10 bits per heavy atom. The van der Waals surface area contributed by atoms with Gasteiger partial charge in [0.25, 0.3) is 0 Å². The topological polar surface area (TPSA) is 35.5 Å². The monoisotopic (exact) mass is 308 g/mol. The summed E-state index contributed by atoms with van der Waals surface area (Å²) < 4.78 is 24.0. The summed E-state index contributed by atoms with van der Waals surface area (Å²) in [4.78, 5) is 12.2. The molecule has 0 saturated heterocycles. The molecule has 0 spiro atoms. The lowest BCUT2D eigenvalue weighted by Gasteiger charge is -2.09. The number of carbonyl (C=O) groups is 1. The maximum Gasteiger partial charge on any atom is 0.170 e. The Bertz CT molecular complexity index is 671. The Morgan fingerprint density at radius 2 is 1.81 bits per heavy atom. The minimum atomic E-state index is -0.579. The summed E-state index contributed by atoms with van der Waals surface area (Å²) in [6.45, 7) is 0. The van der Waals surface area contributed by atoms with E-state index in [1.54, 1.807) is 18.2 Å². The number of carbonyl (C=O) groups excluding carboxylic acids is 1. The molecule has 0 bridgehead atoms. The van der Waals surface area contributed by atoms with E-state index in [1.807, 2.05) is 0 Å². The van der Waals surface area contributed by atoms with Crippen molar-refractivity contribution in [1.29, 1.82) is 0 Å². The molecule has 21 heavy (non-hydrogen) atoms. The predicted molar refractivity (Wildman–Crippen MR) is 79.0 cm³/mol. The van der Waals surface area contributed by atoms with Crippen LogP contribution in [0.2, 0.25) is 5.02 Å². The number of benzene rings is 2. The Balaban J connectivity index is 2.25. The third kappa shape index (κ3) is 3.52. The van der Waals surface area contributed by atoms with E-state index in [0.29, 0.717) is 22.1 Å². The van der Waals surface area contributed by atoms with Crippen molar-refractivity contribution >= 4 is 17.4 Å². The minimum Gasteiger partial charge on any atom is -0.493 e. The van der Waals surface area contributed by atoms with Gasteiger partial charge in [-0.1, -0.05) is 17.7 Å². The Labute approximate surface area is 127 Å². The highest BCUT2D eigenvalue weighted by Gasteiger charge is 2.14. The first-order chi connectivity index (χ1) is 10.0. The fourth-order valence-electron chi connectivity index (χ4n) is 1.98. The quantitative estimate of drug-likeness (QED) is 0.785. The maximum absolute atomic E-state index is 13.7. The lowest BCUT2D eigenvalue weighted by atomic mass is 10.0. The zero-order valence-electron chi connectivity index (χ0n) is 11.7. The summed E-state index contributed by atoms with van der Waals surface area (Å²) in [5.41, 5.74) is 0.689. The van der Waals surface area contributed by atoms with Crippen LogP contribution in [-0.4, -0.2) is 20.0 Å². The number of ketones is 1. The van der Waals surface area contributed by atoms with Crippen LogP contribution in [0.1, 0.15) is 15.9 Å². The van der Waals surface area contributed by atoms with Gasteiger partial charge < -0.3 is 9.47 Å². The minimum absolute atomic E-state index is 0.0164. The van der Waals surface area contributed by atoms with Gasteiger partial charge in [-0.3, -0.25) is 4.79 Å². The van der Waals surface area contributed by atoms with Crippen molar-refractivity contribution in [3.8, 4) is 11.5 Å². The molecule has 0 radical (unpaired) electrons. The second-order valence-corrected chi connectivity index (χ2v) is 4.85. The van der Waals surface area contributed by atoms with E-state index in [9.17, 15) is 9.18 Å². The summed E-state index contributed by atoms with van der Waals surface area (Å²) >= 11 is 5.80. The van der Waals surface area contributed by atoms with Gasteiger partial charge in [-0.2, -0.15) is 0 Å². The molecule has 0 N–H and O–H groups in total. The van der Waals surface area contributed by atoms with Gasteiger partial charge in [0.05, 0.1) is 19.8 Å². The van der Waals surface area contributed by atoms with Crippen molar-refractivity contribution in [1.82, 2.24) is 0 Å². The highest BCUT2D eigenvalue weighted by Crippen LogP contribution is 2.28. The first-order valence-corrected chi connectivity index (χ1v) is 6.62. The fraction of sp³-hybridized carbons (Fsp3) is 0.188. The smallest absolute Gasteiger partial charge is 0.170 e. The molecule has 2 aromatic carbocycles. The van der Waals surface area contributed by atoms with E-state index in [4.69, 9.17) is 21.1 Å². The van der Waals surface area contributed by atoms with Crippen molar-refractivity contribution in [2.24, 2.45) is 0 Å². The second-order valence-electron chi connectivity index (χ2n) is 4.41. The van der Waals surface area contributed by atoms with Crippen molar-refractivity contribution in [3.63, 3.8) is 0 Å². The summed E-state index contributed by atoms with van der Waals surface area (Å²) in [5.74, 6) is 0.170. The predicted octanol–water partition coefficient (Wildman–Crippen LogP) is 3.92. The van der Waals surface area contributed by atoms with Crippen molar-refractivity contribution in [2.75, 3.05) is 14.2 Å². The molecule has 3 nitrogen and oxygen atoms in total. The molecular weight excluding hydrogens is 295 g/mol. The van der Waals surface area contributed by atoms with Crippen LogP contribution in [0.4, 0.5) is 4.39 Å². The summed E-state index contributed by atoms with van der Waals surface area (Å²) in [7, 11) is 3.05. The van der Waals surface area contributed by atoms with Crippen LogP contribution >= 0.6 is 11.6 Å². The molecule has 0 aromatic heterocycles. The molecule has 5 heteroatoms. The number of hydrogen-bond donors (Lipinski definition) is 0. The van der Waals surface area contributed by atoms with Crippen molar-refractivity contribution in [2.45, 2.75) is 6.42 Å². The molecule has 0 atom stereocenters. The molecule has 0 aliphatic heterocycles. The molecule has 0 unspecified atom stereocenters. The SMILES string of the molecule is COc1ccc(CC(=O)c2cc(Cl)ccc2F)cc1OC. The standard InChI is InChI=1S/C16H14ClFO3/c1-20-15-6-3-10(8-16(15)21-2)7-14(19)12-9-11(17)4-5-13(12)18/h3-6,8-9H,7H2,1-2H3. The lowest BCUT2D eigenvalue weighted by molar-refractivity contribution is 0.0989. The normalized spacial score (nSPS) is 10.3. The van der Waals surface area contributed by atoms with Crippen molar-refractivity contribution < 1.29 is 18.7 Å². The average molecular weight is 309 g/mol. The van der Waals surface area contributed by atoms with Gasteiger partial charge in [0.15, 0.2) is 17.3 Å². The fourth-order valence-corrected chi connectivity index (χ4v) is 2.15. The van der Waals surface area contributed by atoms with Crippen LogP contribution in [0.3, 0.4) is 0 Å². The van der Waals surface area contributed by atoms with E-state index in [0.717, 1.165) is 0 Å². The molecule has 2 rings (SSSR count). The maximum atomic E-state index is 13.7. The second kappa shape index (κ2) is 6.59. The van der Waals surface area contributed by atoms with Crippen LogP contribution in [0.15, 0.2) is 36.4 Å². The molecule has 0 aliphatic carbocycles. The van der Waals surface area contributed by atoms with Gasteiger partial charge in [-0.05, 0) is 35.9 Å². The number of Topliss-reactive ketones (excluding diaryl/α,β-unsaturated/α-hetero) is 1. The van der Waals surface area contributed by atoms with Gasteiger partial charge in [0.1, 0.15) is 5.82 Å². The number of hydrogen-bond acceptors (Lipinski definition) is 3. The molecule has 0 heterocycles. The molecule has 0 saturated carbocycles. The number of methoxy groups -OCH3 is 2. The zero-order chi connectivity index (χ0) is 15.4. The van der Waals surface area contributed by atoms with Crippen LogP contribution in [0, 0.1) is 5.82 Å². The van der Waals surface area contributed by atoms with E-state index in [-0.39, 0.29) is 17.8 Å². The molecule has 0 fully saturated rings. The Morgan fingerprint density at radius 3 is 2.48 bits per heavy atom. The first kappa shape index (κ1) is 15.3. The highest BCUT2D eigenvalue weighted by molar-refractivity contribution is 6.31. The van der Waals surface area contributed by atoms with E-state index in [1.165, 1.54) is 32.4 Å². The molecule has 110 valence electrons. The van der Waals surface area contributed by atoms with Crippen LogP contribution in [0.25, 0.3) is 0 Å². The number of halogens is 2. The summed E-state index contributed by atoms with van der Waals surface area (Å²) in [6.07, 6.45) is 0.0532. The van der Waals surface area contributed by atoms with Crippen LogP contribution in [0.5, 0.6) is 11.5 Å². The Kier molecular flexibility index (Phi) is 4.81. The van der Waals surface area contributed by atoms with Gasteiger partial charge in [0, 0.05) is 11.4 Å². The van der Waals surface area contributed by atoms with Crippen molar-refractivity contribution in [3.05, 3.63) is 58.4 Å². The molecular formula is C16H14ClFO3. The average Bonchev–Trinajstić information content (AvgIpc) is 2.49. The largest absolute Gasteiger partial charge is 0.493 e. The lowest BCUT2D eigenvalue weighted by Crippen LogP contribution is -2.06. The molecule has 0 aliphatic rings. The summed E-state index contributed by atoms with van der Waals surface area (Å²) in [5, 5.41) is 0.326. The van der Waals surface area contributed by atoms with E-state index >= 15 is 0 Å². The van der Waals surface area contributed by atoms with Gasteiger partial charge in [-0.15, -0.1) is 0 Å². The molecule has 0 amide bonds. The van der Waals surface area contributed by atoms with Gasteiger partial charge >= 0.3 is 0 Å². The third-order valence-corrected chi connectivity index (χ3v) is 3.28. The van der Waals surface area contributed by atoms with E-state index < -0.39 is 5.82 Å². The van der Waals surface area contributed by atoms with Crippen LogP contribution in [-0.2, 0) is 6.42 Å². The van der Waals surface area contributed by atoms with Crippen LogP contribution < -0.4 is 9.47 Å². The first-order valence-electron chi connectivity index (χ1n) is 6.24. The third-order valence-electron chi connectivity index (χ3n) is 3.04. The van der Waals surface area contributed by atoms with Gasteiger partial charge in [0.2, 0.25) is 0 Å².